The quantitative estimate of drug-likeness (QED) is 0.800. The summed E-state index contributed by atoms with van der Waals surface area (Å²) in [5.41, 5.74) is 2.55. The normalized spacial score (nSPS) is 10.2. The number of rotatable bonds is 6. The van der Waals surface area contributed by atoms with Crippen LogP contribution >= 0.6 is 0 Å². The molecule has 0 saturated carbocycles. The standard InChI is InChI=1S/C17H20N2O/c1-2-10-18-17(20)14-19-11-8-16(9-12-19)13-15-6-4-3-5-7-15/h3-9,11-12H,2,10,13-14H2,1H3/p+1. The molecule has 2 rings (SSSR count). The number of aromatic nitrogens is 1. The molecule has 1 aromatic heterocycles. The molecule has 0 aliphatic heterocycles. The van der Waals surface area contributed by atoms with Crippen molar-refractivity contribution in [2.24, 2.45) is 0 Å². The lowest BCUT2D eigenvalue weighted by Gasteiger charge is -2.02. The summed E-state index contributed by atoms with van der Waals surface area (Å²) in [6, 6.07) is 14.5. The average molecular weight is 269 g/mol. The van der Waals surface area contributed by atoms with Crippen LogP contribution in [0.5, 0.6) is 0 Å². The summed E-state index contributed by atoms with van der Waals surface area (Å²) < 4.78 is 1.90. The van der Waals surface area contributed by atoms with Gasteiger partial charge in [0.05, 0.1) is 0 Å². The van der Waals surface area contributed by atoms with Crippen LogP contribution in [0.1, 0.15) is 24.5 Å². The maximum Gasteiger partial charge on any atom is 0.285 e. The fraction of sp³-hybridized carbons (Fsp3) is 0.294. The maximum atomic E-state index is 11.6. The largest absolute Gasteiger partial charge is 0.351 e. The molecule has 1 heterocycles. The van der Waals surface area contributed by atoms with Gasteiger partial charge in [-0.15, -0.1) is 0 Å². The lowest BCUT2D eigenvalue weighted by molar-refractivity contribution is -0.684. The molecule has 1 N–H and O–H groups in total. The Bertz CT molecular complexity index is 535. The zero-order valence-corrected chi connectivity index (χ0v) is 11.9. The van der Waals surface area contributed by atoms with Gasteiger partial charge in [-0.3, -0.25) is 4.79 Å². The lowest BCUT2D eigenvalue weighted by Crippen LogP contribution is -2.42. The second-order valence-electron chi connectivity index (χ2n) is 4.89. The summed E-state index contributed by atoms with van der Waals surface area (Å²) in [6.45, 7) is 3.17. The summed E-state index contributed by atoms with van der Waals surface area (Å²) in [4.78, 5) is 11.6. The molecule has 0 radical (unpaired) electrons. The van der Waals surface area contributed by atoms with Gasteiger partial charge in [-0.1, -0.05) is 37.3 Å². The van der Waals surface area contributed by atoms with E-state index in [1.165, 1.54) is 11.1 Å². The fourth-order valence-corrected chi connectivity index (χ4v) is 2.03. The van der Waals surface area contributed by atoms with Crippen molar-refractivity contribution in [2.45, 2.75) is 26.3 Å². The van der Waals surface area contributed by atoms with Crippen molar-refractivity contribution >= 4 is 5.91 Å². The Balaban J connectivity index is 1.91. The van der Waals surface area contributed by atoms with Crippen LogP contribution in [0.2, 0.25) is 0 Å². The molecule has 2 aromatic rings. The second-order valence-corrected chi connectivity index (χ2v) is 4.89. The van der Waals surface area contributed by atoms with Gasteiger partial charge in [-0.25, -0.2) is 0 Å². The molecule has 104 valence electrons. The van der Waals surface area contributed by atoms with Crippen molar-refractivity contribution in [3.05, 3.63) is 66.0 Å². The van der Waals surface area contributed by atoms with Crippen molar-refractivity contribution in [3.63, 3.8) is 0 Å². The van der Waals surface area contributed by atoms with Gasteiger partial charge >= 0.3 is 0 Å². The first-order chi connectivity index (χ1) is 9.78. The van der Waals surface area contributed by atoms with Gasteiger partial charge in [0.15, 0.2) is 12.4 Å². The third kappa shape index (κ3) is 4.50. The van der Waals surface area contributed by atoms with Gasteiger partial charge in [0, 0.05) is 18.7 Å². The number of carbonyl (C=O) groups is 1. The highest BCUT2D eigenvalue weighted by molar-refractivity contribution is 5.74. The number of amides is 1. The van der Waals surface area contributed by atoms with E-state index in [2.05, 4.69) is 41.7 Å². The molecule has 3 heteroatoms. The Morgan fingerprint density at radius 3 is 2.35 bits per heavy atom. The fourth-order valence-electron chi connectivity index (χ4n) is 2.03. The van der Waals surface area contributed by atoms with Crippen LogP contribution in [0.25, 0.3) is 0 Å². The van der Waals surface area contributed by atoms with E-state index >= 15 is 0 Å². The molecule has 0 spiro atoms. The number of carbonyl (C=O) groups excluding carboxylic acids is 1. The van der Waals surface area contributed by atoms with Gasteiger partial charge < -0.3 is 5.32 Å². The molecule has 0 atom stereocenters. The smallest absolute Gasteiger partial charge is 0.285 e. The molecule has 1 amide bonds. The number of pyridine rings is 1. The minimum Gasteiger partial charge on any atom is -0.351 e. The molecule has 0 aliphatic rings. The van der Waals surface area contributed by atoms with Crippen LogP contribution in [0.4, 0.5) is 0 Å². The number of hydrogen-bond acceptors (Lipinski definition) is 1. The van der Waals surface area contributed by atoms with Crippen LogP contribution in [-0.4, -0.2) is 12.5 Å². The molecule has 0 saturated heterocycles. The van der Waals surface area contributed by atoms with Crippen molar-refractivity contribution in [3.8, 4) is 0 Å². The second kappa shape index (κ2) is 7.43. The Morgan fingerprint density at radius 1 is 1.05 bits per heavy atom. The molecule has 0 unspecified atom stereocenters. The van der Waals surface area contributed by atoms with Gasteiger partial charge in [-0.2, -0.15) is 4.57 Å². The molecule has 3 nitrogen and oxygen atoms in total. The van der Waals surface area contributed by atoms with Crippen molar-refractivity contribution in [2.75, 3.05) is 6.54 Å². The minimum atomic E-state index is 0.0626. The molecule has 0 fully saturated rings. The average Bonchev–Trinajstić information content (AvgIpc) is 2.48. The molecule has 20 heavy (non-hydrogen) atoms. The van der Waals surface area contributed by atoms with E-state index < -0.39 is 0 Å². The van der Waals surface area contributed by atoms with E-state index in [4.69, 9.17) is 0 Å². The van der Waals surface area contributed by atoms with E-state index in [-0.39, 0.29) is 5.91 Å². The first-order valence-corrected chi connectivity index (χ1v) is 7.06. The summed E-state index contributed by atoms with van der Waals surface area (Å²) in [7, 11) is 0. The number of benzene rings is 1. The summed E-state index contributed by atoms with van der Waals surface area (Å²) in [5, 5.41) is 2.88. The monoisotopic (exact) mass is 269 g/mol. The highest BCUT2D eigenvalue weighted by atomic mass is 16.1. The molecular weight excluding hydrogens is 248 g/mol. The summed E-state index contributed by atoms with van der Waals surface area (Å²) in [6.07, 6.45) is 5.81. The summed E-state index contributed by atoms with van der Waals surface area (Å²) in [5.74, 6) is 0.0626. The van der Waals surface area contributed by atoms with Crippen LogP contribution in [-0.2, 0) is 17.8 Å². The predicted molar refractivity (Wildman–Crippen MR) is 79.2 cm³/mol. The van der Waals surface area contributed by atoms with E-state index in [0.717, 1.165) is 19.4 Å². The highest BCUT2D eigenvalue weighted by Gasteiger charge is 2.08. The highest BCUT2D eigenvalue weighted by Crippen LogP contribution is 2.06. The van der Waals surface area contributed by atoms with Crippen molar-refractivity contribution in [1.29, 1.82) is 0 Å². The van der Waals surface area contributed by atoms with E-state index in [0.29, 0.717) is 6.54 Å². The van der Waals surface area contributed by atoms with Crippen LogP contribution in [0, 0.1) is 0 Å². The van der Waals surface area contributed by atoms with Gasteiger partial charge in [0.1, 0.15) is 0 Å². The topological polar surface area (TPSA) is 33.0 Å². The van der Waals surface area contributed by atoms with Gasteiger partial charge in [-0.05, 0) is 24.0 Å². The van der Waals surface area contributed by atoms with Crippen LogP contribution < -0.4 is 9.88 Å². The molecular formula is C17H21N2O+. The Labute approximate surface area is 120 Å². The van der Waals surface area contributed by atoms with Crippen molar-refractivity contribution in [1.82, 2.24) is 5.32 Å². The van der Waals surface area contributed by atoms with Crippen molar-refractivity contribution < 1.29 is 9.36 Å². The van der Waals surface area contributed by atoms with Gasteiger partial charge in [0.25, 0.3) is 5.91 Å². The van der Waals surface area contributed by atoms with Gasteiger partial charge in [0.2, 0.25) is 6.54 Å². The first-order valence-electron chi connectivity index (χ1n) is 7.06. The molecule has 0 bridgehead atoms. The van der Waals surface area contributed by atoms with E-state index in [1.54, 1.807) is 0 Å². The Morgan fingerprint density at radius 2 is 1.70 bits per heavy atom. The number of nitrogens with one attached hydrogen (secondary N) is 1. The van der Waals surface area contributed by atoms with E-state index in [9.17, 15) is 4.79 Å². The zero-order valence-electron chi connectivity index (χ0n) is 11.9. The third-order valence-corrected chi connectivity index (χ3v) is 3.11. The summed E-state index contributed by atoms with van der Waals surface area (Å²) >= 11 is 0. The van der Waals surface area contributed by atoms with Crippen LogP contribution in [0.3, 0.4) is 0 Å². The Hall–Kier alpha value is -2.16. The van der Waals surface area contributed by atoms with E-state index in [1.807, 2.05) is 30.0 Å². The third-order valence-electron chi connectivity index (χ3n) is 3.11. The maximum absolute atomic E-state index is 11.6. The van der Waals surface area contributed by atoms with Crippen LogP contribution in [0.15, 0.2) is 54.9 Å². The SMILES string of the molecule is CCCNC(=O)C[n+]1ccc(Cc2ccccc2)cc1. The zero-order chi connectivity index (χ0) is 14.2. The Kier molecular flexibility index (Phi) is 5.30. The molecule has 0 aliphatic carbocycles. The molecule has 1 aromatic carbocycles. The number of nitrogens with zero attached hydrogens (tertiary/aromatic N) is 1. The predicted octanol–water partition coefficient (Wildman–Crippen LogP) is 2.09. The lowest BCUT2D eigenvalue weighted by atomic mass is 10.1. The first kappa shape index (κ1) is 14.3. The minimum absolute atomic E-state index is 0.0626. The number of hydrogen-bond donors (Lipinski definition) is 1.